The summed E-state index contributed by atoms with van der Waals surface area (Å²) in [5.74, 6) is 2.39. The molecule has 6 nitrogen and oxygen atoms in total. The van der Waals surface area contributed by atoms with E-state index >= 15 is 0 Å². The Bertz CT molecular complexity index is 1020. The van der Waals surface area contributed by atoms with Crippen molar-refractivity contribution in [1.82, 2.24) is 15.0 Å². The zero-order valence-electron chi connectivity index (χ0n) is 18.5. The summed E-state index contributed by atoms with van der Waals surface area (Å²) in [4.78, 5) is 19.0. The molecule has 3 aromatic rings. The fourth-order valence-electron chi connectivity index (χ4n) is 3.79. The van der Waals surface area contributed by atoms with E-state index in [4.69, 9.17) is 9.26 Å². The van der Waals surface area contributed by atoms with Gasteiger partial charge in [0.25, 0.3) is 0 Å². The van der Waals surface area contributed by atoms with E-state index < -0.39 is 0 Å². The van der Waals surface area contributed by atoms with Gasteiger partial charge < -0.3 is 14.2 Å². The highest BCUT2D eigenvalue weighted by atomic mass is 16.5. The first-order chi connectivity index (χ1) is 14.9. The van der Waals surface area contributed by atoms with Crippen molar-refractivity contribution in [2.75, 3.05) is 6.54 Å². The maximum absolute atomic E-state index is 12.6. The van der Waals surface area contributed by atoms with Crippen LogP contribution in [0.15, 0.2) is 53.1 Å². The van der Waals surface area contributed by atoms with Gasteiger partial charge in [-0.3, -0.25) is 4.79 Å². The Morgan fingerprint density at radius 1 is 1.06 bits per heavy atom. The Labute approximate surface area is 183 Å². The molecule has 0 saturated carbocycles. The van der Waals surface area contributed by atoms with Crippen molar-refractivity contribution >= 4 is 5.91 Å². The smallest absolute Gasteiger partial charge is 0.232 e. The quantitative estimate of drug-likeness (QED) is 0.529. The van der Waals surface area contributed by atoms with Crippen molar-refractivity contribution < 1.29 is 14.1 Å². The van der Waals surface area contributed by atoms with Crippen LogP contribution in [-0.4, -0.2) is 33.6 Å². The summed E-state index contributed by atoms with van der Waals surface area (Å²) in [6.45, 7) is 9.53. The van der Waals surface area contributed by atoms with Crippen LogP contribution in [0.2, 0.25) is 0 Å². The van der Waals surface area contributed by atoms with E-state index in [1.165, 1.54) is 5.56 Å². The molecule has 0 spiro atoms. The molecule has 0 bridgehead atoms. The fourth-order valence-corrected chi connectivity index (χ4v) is 3.79. The molecule has 0 radical (unpaired) electrons. The van der Waals surface area contributed by atoms with Crippen LogP contribution in [0.3, 0.4) is 0 Å². The second-order valence-corrected chi connectivity index (χ2v) is 8.72. The number of hydrogen-bond donors (Lipinski definition) is 0. The van der Waals surface area contributed by atoms with Crippen molar-refractivity contribution in [3.63, 3.8) is 0 Å². The predicted octanol–water partition coefficient (Wildman–Crippen LogP) is 5.16. The number of carbonyl (C=O) groups is 1. The van der Waals surface area contributed by atoms with E-state index in [0.29, 0.717) is 37.1 Å². The highest BCUT2D eigenvalue weighted by molar-refractivity contribution is 5.79. The molecule has 1 saturated heterocycles. The molecule has 4 rings (SSSR count). The number of benzene rings is 2. The van der Waals surface area contributed by atoms with Crippen molar-refractivity contribution in [2.45, 2.75) is 58.6 Å². The number of nitrogens with zero attached hydrogens (tertiary/aromatic N) is 3. The van der Waals surface area contributed by atoms with Gasteiger partial charge >= 0.3 is 0 Å². The van der Waals surface area contributed by atoms with Gasteiger partial charge in [-0.1, -0.05) is 43.3 Å². The third-order valence-electron chi connectivity index (χ3n) is 5.51. The lowest BCUT2D eigenvalue weighted by molar-refractivity contribution is -0.128. The van der Waals surface area contributed by atoms with E-state index in [-0.39, 0.29) is 17.9 Å². The minimum absolute atomic E-state index is 0.0766. The molecule has 1 atom stereocenters. The Morgan fingerprint density at radius 2 is 1.77 bits per heavy atom. The number of rotatable bonds is 7. The monoisotopic (exact) mass is 419 g/mol. The minimum atomic E-state index is -0.0766. The minimum Gasteiger partial charge on any atom is -0.491 e. The summed E-state index contributed by atoms with van der Waals surface area (Å²) in [7, 11) is 0. The van der Waals surface area contributed by atoms with Crippen LogP contribution < -0.4 is 4.74 Å². The second kappa shape index (κ2) is 8.92. The van der Waals surface area contributed by atoms with Gasteiger partial charge in [-0.25, -0.2) is 0 Å². The second-order valence-electron chi connectivity index (χ2n) is 8.72. The van der Waals surface area contributed by atoms with Crippen LogP contribution in [-0.2, 0) is 11.3 Å². The summed E-state index contributed by atoms with van der Waals surface area (Å²) < 4.78 is 11.2. The van der Waals surface area contributed by atoms with Gasteiger partial charge in [0.15, 0.2) is 0 Å². The van der Waals surface area contributed by atoms with Crippen molar-refractivity contribution in [3.05, 3.63) is 65.5 Å². The predicted molar refractivity (Wildman–Crippen MR) is 119 cm³/mol. The average molecular weight is 420 g/mol. The van der Waals surface area contributed by atoms with Crippen molar-refractivity contribution in [3.8, 4) is 17.1 Å². The van der Waals surface area contributed by atoms with Crippen LogP contribution in [0.25, 0.3) is 11.4 Å². The molecule has 31 heavy (non-hydrogen) atoms. The Kier molecular flexibility index (Phi) is 6.07. The highest BCUT2D eigenvalue weighted by Gasteiger charge is 2.34. The first kappa shape index (κ1) is 21.1. The fraction of sp³-hybridized carbons (Fsp3) is 0.400. The SMILES string of the molecule is CC(C)Oc1ccc(-c2noc(C3CC(=O)N(Cc4ccc(C(C)C)cc4)C3)n2)cc1. The topological polar surface area (TPSA) is 68.5 Å². The molecule has 1 fully saturated rings. The highest BCUT2D eigenvalue weighted by Crippen LogP contribution is 2.30. The summed E-state index contributed by atoms with van der Waals surface area (Å²) in [5.41, 5.74) is 3.29. The van der Waals surface area contributed by atoms with E-state index in [2.05, 4.69) is 48.3 Å². The summed E-state index contributed by atoms with van der Waals surface area (Å²) in [5, 5.41) is 4.13. The number of likely N-dealkylation sites (tertiary alicyclic amines) is 1. The van der Waals surface area contributed by atoms with Gasteiger partial charge in [0.2, 0.25) is 17.6 Å². The van der Waals surface area contributed by atoms with Crippen molar-refractivity contribution in [1.29, 1.82) is 0 Å². The third-order valence-corrected chi connectivity index (χ3v) is 5.51. The largest absolute Gasteiger partial charge is 0.491 e. The van der Waals surface area contributed by atoms with Gasteiger partial charge in [0.1, 0.15) is 5.75 Å². The Balaban J connectivity index is 1.41. The van der Waals surface area contributed by atoms with Crippen LogP contribution in [0.4, 0.5) is 0 Å². The van der Waals surface area contributed by atoms with Gasteiger partial charge in [0.05, 0.1) is 12.0 Å². The molecule has 0 aliphatic carbocycles. The third kappa shape index (κ3) is 4.95. The number of amides is 1. The molecule has 2 aromatic carbocycles. The molecule has 0 N–H and O–H groups in total. The first-order valence-electron chi connectivity index (χ1n) is 10.9. The van der Waals surface area contributed by atoms with Gasteiger partial charge in [-0.2, -0.15) is 4.98 Å². The summed E-state index contributed by atoms with van der Waals surface area (Å²) in [6.07, 6.45) is 0.519. The summed E-state index contributed by atoms with van der Waals surface area (Å²) in [6, 6.07) is 16.1. The first-order valence-corrected chi connectivity index (χ1v) is 10.9. The Morgan fingerprint density at radius 3 is 2.42 bits per heavy atom. The Hall–Kier alpha value is -3.15. The van der Waals surface area contributed by atoms with E-state index in [9.17, 15) is 4.79 Å². The van der Waals surface area contributed by atoms with E-state index in [1.807, 2.05) is 43.0 Å². The molecule has 1 aliphatic rings. The molecular formula is C25H29N3O3. The van der Waals surface area contributed by atoms with Crippen LogP contribution >= 0.6 is 0 Å². The van der Waals surface area contributed by atoms with Gasteiger partial charge in [-0.05, 0) is 55.2 Å². The molecule has 2 heterocycles. The molecule has 6 heteroatoms. The number of carbonyl (C=O) groups excluding carboxylic acids is 1. The van der Waals surface area contributed by atoms with Crippen LogP contribution in [0.5, 0.6) is 5.75 Å². The number of aromatic nitrogens is 2. The molecule has 1 aliphatic heterocycles. The molecule has 1 aromatic heterocycles. The lowest BCUT2D eigenvalue weighted by Gasteiger charge is -2.16. The maximum Gasteiger partial charge on any atom is 0.232 e. The standard InChI is InChI=1S/C25H29N3O3/c1-16(2)19-7-5-18(6-8-19)14-28-15-21(13-23(28)29)25-26-24(27-31-25)20-9-11-22(12-10-20)30-17(3)4/h5-12,16-17,21H,13-15H2,1-4H3. The summed E-state index contributed by atoms with van der Waals surface area (Å²) >= 11 is 0. The van der Waals surface area contributed by atoms with Crippen LogP contribution in [0, 0.1) is 0 Å². The average Bonchev–Trinajstić information content (AvgIpc) is 3.36. The normalized spacial score (nSPS) is 16.5. The number of hydrogen-bond acceptors (Lipinski definition) is 5. The van der Waals surface area contributed by atoms with Gasteiger partial charge in [0, 0.05) is 25.1 Å². The zero-order valence-corrected chi connectivity index (χ0v) is 18.5. The maximum atomic E-state index is 12.6. The lowest BCUT2D eigenvalue weighted by Crippen LogP contribution is -2.24. The molecule has 1 unspecified atom stereocenters. The van der Waals surface area contributed by atoms with Gasteiger partial charge in [-0.15, -0.1) is 0 Å². The van der Waals surface area contributed by atoms with Crippen LogP contribution in [0.1, 0.15) is 63.0 Å². The lowest BCUT2D eigenvalue weighted by atomic mass is 10.0. The number of ether oxygens (including phenoxy) is 1. The zero-order chi connectivity index (χ0) is 22.0. The molecule has 162 valence electrons. The molecular weight excluding hydrogens is 390 g/mol. The van der Waals surface area contributed by atoms with Crippen molar-refractivity contribution in [2.24, 2.45) is 0 Å². The van der Waals surface area contributed by atoms with E-state index in [1.54, 1.807) is 0 Å². The molecule has 1 amide bonds. The van der Waals surface area contributed by atoms with E-state index in [0.717, 1.165) is 16.9 Å².